The highest BCUT2D eigenvalue weighted by molar-refractivity contribution is 6.33. The van der Waals surface area contributed by atoms with Gasteiger partial charge in [-0.2, -0.15) is 10.4 Å². The van der Waals surface area contributed by atoms with E-state index in [2.05, 4.69) is 156 Å². The van der Waals surface area contributed by atoms with Gasteiger partial charge in [0.05, 0.1) is 28.5 Å². The van der Waals surface area contributed by atoms with Gasteiger partial charge in [0.15, 0.2) is 0 Å². The lowest BCUT2D eigenvalue weighted by Gasteiger charge is -2.12. The molecule has 112 heavy (non-hydrogen) atoms. The first-order valence-corrected chi connectivity index (χ1v) is 36.2. The number of halogens is 5. The molecule has 3 aliphatic rings. The van der Waals surface area contributed by atoms with Crippen molar-refractivity contribution in [1.82, 2.24) is 141 Å². The van der Waals surface area contributed by atoms with E-state index in [1.165, 1.54) is 50.0 Å². The molecule has 39 heteroatoms. The van der Waals surface area contributed by atoms with Crippen molar-refractivity contribution >= 4 is 58.0 Å². The molecule has 2 aliphatic heterocycles. The highest BCUT2D eigenvalue weighted by Gasteiger charge is 2.27. The van der Waals surface area contributed by atoms with Crippen LogP contribution >= 0.6 is 58.0 Å². The Kier molecular flexibility index (Phi) is 24.0. The fourth-order valence-corrected chi connectivity index (χ4v) is 12.4. The van der Waals surface area contributed by atoms with E-state index in [4.69, 9.17) is 58.0 Å². The van der Waals surface area contributed by atoms with Crippen LogP contribution in [0.2, 0.25) is 25.1 Å². The zero-order valence-electron chi connectivity index (χ0n) is 59.7. The van der Waals surface area contributed by atoms with E-state index >= 15 is 0 Å². The molecule has 0 spiro atoms. The second-order valence-electron chi connectivity index (χ2n) is 26.0. The van der Waals surface area contributed by atoms with E-state index < -0.39 is 17.3 Å². The molecular weight excluding hydrogens is 1540 g/mol. The summed E-state index contributed by atoms with van der Waals surface area (Å²) in [5.74, 6) is 0.395. The standard InChI is InChI=1S/C15H12ClN5O2.C15H14ClN5O2.C15H11ClN4O2.C14H12ClN7.C14H14ClN7/c16-11-5-9(1-2-10(11)7-21-3-4-21)12-6-13(18-8-17-12)14-19-15(22)23-20-14;1-21(2)7-10-4-3-9(5-11(10)16)12-6-13(18-8-17-12)14-19-15(22)23-20-14;16-11-5-9(3-4-10(11)8-1-2-8)12-6-13(18-7-17-12)14-19-15(21)22-20-14;15-11-5-9(1-2-10(11)7-22-3-4-22)12-6-13(17-8-16-12)14-18-20-21-19-14;1-22(2)7-10-4-3-9(5-11(10)15)12-6-13(17-8-16-12)14-18-20-21-19-14/h1-2,5-6,8H,3-4,7H2,(H,19,20,22);3-6,8H,7H2,1-2H3,(H,19,20,22);3-8H,1-2H2,(H,19,20,21);1-2,5-6,8H,3-4,7H2,(H,18,19,20,21);3-6,8H,7H2,1-2H3,(H,18,19,20,21). The van der Waals surface area contributed by atoms with E-state index in [-0.39, 0.29) is 17.5 Å². The molecule has 0 amide bonds. The van der Waals surface area contributed by atoms with Crippen LogP contribution < -0.4 is 17.3 Å². The van der Waals surface area contributed by atoms with E-state index in [0.29, 0.717) is 78.2 Å². The molecule has 0 bridgehead atoms. The first kappa shape index (κ1) is 76.5. The van der Waals surface area contributed by atoms with Gasteiger partial charge in [-0.15, -0.1) is 20.4 Å². The normalized spacial score (nSPS) is 13.0. The predicted molar refractivity (Wildman–Crippen MR) is 414 cm³/mol. The monoisotopic (exact) mass is 1600 g/mol. The smallest absolute Gasteiger partial charge is 0.305 e. The summed E-state index contributed by atoms with van der Waals surface area (Å²) >= 11 is 31.8. The Morgan fingerprint density at radius 3 is 0.938 bits per heavy atom. The van der Waals surface area contributed by atoms with E-state index in [1.807, 2.05) is 130 Å². The van der Waals surface area contributed by atoms with Crippen molar-refractivity contribution in [2.75, 3.05) is 54.4 Å². The Hall–Kier alpha value is -12.3. The van der Waals surface area contributed by atoms with Gasteiger partial charge >= 0.3 is 17.3 Å². The van der Waals surface area contributed by atoms with Crippen molar-refractivity contribution in [3.05, 3.63) is 238 Å². The Morgan fingerprint density at radius 2 is 0.670 bits per heavy atom. The molecule has 3 fully saturated rings. The molecule has 15 aromatic rings. The van der Waals surface area contributed by atoms with Crippen molar-refractivity contribution in [1.29, 1.82) is 0 Å². The van der Waals surface area contributed by atoms with Gasteiger partial charge in [0.2, 0.25) is 29.1 Å². The lowest BCUT2D eigenvalue weighted by molar-refractivity contribution is 0.387. The molecular formula is C73H63Cl5N28O6. The minimum atomic E-state index is -0.628. The van der Waals surface area contributed by atoms with Gasteiger partial charge in [0.1, 0.15) is 60.1 Å². The lowest BCUT2D eigenvalue weighted by atomic mass is 10.1. The molecule has 0 radical (unpaired) electrons. The van der Waals surface area contributed by atoms with Gasteiger partial charge in [-0.25, -0.2) is 64.2 Å². The average molecular weight is 1610 g/mol. The number of hydrogen-bond acceptors (Lipinski definition) is 29. The molecule has 5 N–H and O–H groups in total. The van der Waals surface area contributed by atoms with Crippen LogP contribution in [0.15, 0.2) is 181 Å². The molecule has 1 saturated carbocycles. The molecule has 0 unspecified atom stereocenters. The third-order valence-electron chi connectivity index (χ3n) is 17.1. The summed E-state index contributed by atoms with van der Waals surface area (Å²) in [6.07, 6.45) is 9.60. The highest BCUT2D eigenvalue weighted by atomic mass is 35.5. The third-order valence-corrected chi connectivity index (χ3v) is 18.8. The van der Waals surface area contributed by atoms with Gasteiger partial charge in [-0.05, 0) is 146 Å². The molecule has 10 aromatic heterocycles. The summed E-state index contributed by atoms with van der Waals surface area (Å²) in [6, 6.07) is 38.3. The Morgan fingerprint density at radius 1 is 0.375 bits per heavy atom. The number of H-pyrrole nitrogens is 5. The molecule has 2 saturated heterocycles. The van der Waals surface area contributed by atoms with Crippen LogP contribution in [0.4, 0.5) is 0 Å². The van der Waals surface area contributed by atoms with Crippen molar-refractivity contribution in [2.24, 2.45) is 0 Å². The lowest BCUT2D eigenvalue weighted by Crippen LogP contribution is -2.10. The molecule has 566 valence electrons. The van der Waals surface area contributed by atoms with Crippen LogP contribution in [0.1, 0.15) is 46.6 Å². The topological polar surface area (TPSA) is 427 Å². The largest absolute Gasteiger partial charge is 0.439 e. The average Bonchev–Trinajstić information content (AvgIpc) is 1.41. The maximum atomic E-state index is 11.0. The van der Waals surface area contributed by atoms with Gasteiger partial charge < -0.3 is 9.80 Å². The SMILES string of the molecule is CN(C)Cc1ccc(-c2cc(-c3nn[nH]n3)ncn2)cc1Cl.CN(C)Cc1ccc(-c2cc(-c3noc(=O)[nH]3)ncn2)cc1Cl.Clc1cc(-c2cc(-c3nn[nH]n3)ncn2)ccc1CN1CC1.O=c1[nH]c(-c2cc(-c3ccc(C4CC4)c(Cl)c3)ncn2)no1.O=c1[nH]c(-c2cc(-c3ccc(CN4CC4)c(Cl)c3)ncn2)no1. The van der Waals surface area contributed by atoms with Crippen molar-refractivity contribution < 1.29 is 13.6 Å². The fraction of sp³-hybridized carbons (Fsp3) is 0.205. The zero-order valence-corrected chi connectivity index (χ0v) is 63.5. The minimum Gasteiger partial charge on any atom is -0.305 e. The van der Waals surface area contributed by atoms with E-state index in [9.17, 15) is 14.4 Å². The Balaban J connectivity index is 0.000000116. The number of aromatic amines is 5. The van der Waals surface area contributed by atoms with Crippen LogP contribution in [0.3, 0.4) is 0 Å². The van der Waals surface area contributed by atoms with Crippen molar-refractivity contribution in [3.63, 3.8) is 0 Å². The third kappa shape index (κ3) is 20.2. The number of aromatic nitrogens is 24. The number of hydrogen-bond donors (Lipinski definition) is 5. The van der Waals surface area contributed by atoms with Crippen LogP contribution in [0.5, 0.6) is 0 Å². The van der Waals surface area contributed by atoms with E-state index in [1.54, 1.807) is 18.2 Å². The highest BCUT2D eigenvalue weighted by Crippen LogP contribution is 2.44. The van der Waals surface area contributed by atoms with Gasteiger partial charge in [0.25, 0.3) is 0 Å². The molecule has 1 aliphatic carbocycles. The molecule has 5 aromatic carbocycles. The molecule has 12 heterocycles. The Bertz CT molecular complexity index is 5670. The second-order valence-corrected chi connectivity index (χ2v) is 28.0. The van der Waals surface area contributed by atoms with Gasteiger partial charge in [0, 0.05) is 105 Å². The van der Waals surface area contributed by atoms with Crippen LogP contribution in [-0.4, -0.2) is 195 Å². The summed E-state index contributed by atoms with van der Waals surface area (Å²) in [5.41, 5.74) is 16.3. The summed E-state index contributed by atoms with van der Waals surface area (Å²) in [7, 11) is 7.98. The molecule has 0 atom stereocenters. The first-order chi connectivity index (χ1) is 54.3. The van der Waals surface area contributed by atoms with Gasteiger partial charge in [-0.1, -0.05) is 134 Å². The maximum absolute atomic E-state index is 11.0. The number of tetrazole rings is 2. The fourth-order valence-electron chi connectivity index (χ4n) is 11.1. The number of nitrogens with zero attached hydrogens (tertiary/aromatic N) is 23. The van der Waals surface area contributed by atoms with Crippen molar-refractivity contribution in [3.8, 4) is 114 Å². The number of benzene rings is 5. The summed E-state index contributed by atoms with van der Waals surface area (Å²) < 4.78 is 13.5. The zero-order chi connectivity index (χ0) is 77.8. The predicted octanol–water partition coefficient (Wildman–Crippen LogP) is 11.0. The number of rotatable bonds is 19. The second kappa shape index (κ2) is 35.2. The van der Waals surface area contributed by atoms with Crippen LogP contribution in [0, 0.1) is 0 Å². The first-order valence-electron chi connectivity index (χ1n) is 34.3. The van der Waals surface area contributed by atoms with Crippen LogP contribution in [0.25, 0.3) is 114 Å². The quantitative estimate of drug-likeness (QED) is 0.0469. The molecule has 18 rings (SSSR count). The summed E-state index contributed by atoms with van der Waals surface area (Å²) in [4.78, 5) is 91.1. The van der Waals surface area contributed by atoms with E-state index in [0.717, 1.165) is 124 Å². The molecule has 34 nitrogen and oxygen atoms in total. The minimum absolute atomic E-state index is 0.258. The maximum Gasteiger partial charge on any atom is 0.439 e. The summed E-state index contributed by atoms with van der Waals surface area (Å²) in [6.45, 7) is 7.87. The van der Waals surface area contributed by atoms with Gasteiger partial charge in [-0.3, -0.25) is 38.3 Å². The van der Waals surface area contributed by atoms with Crippen molar-refractivity contribution in [2.45, 2.75) is 44.9 Å². The van der Waals surface area contributed by atoms with Crippen LogP contribution in [-0.2, 0) is 26.2 Å². The number of nitrogens with one attached hydrogen (secondary N) is 5. The summed E-state index contributed by atoms with van der Waals surface area (Å²) in [5, 5.41) is 42.1. The Labute approximate surface area is 659 Å².